The van der Waals surface area contributed by atoms with Crippen molar-refractivity contribution >= 4 is 21.5 Å². The highest BCUT2D eigenvalue weighted by Gasteiger charge is 2.27. The highest BCUT2D eigenvalue weighted by atomic mass is 32.2. The van der Waals surface area contributed by atoms with Gasteiger partial charge in [0, 0.05) is 74.7 Å². The van der Waals surface area contributed by atoms with Crippen LogP contribution < -0.4 is 15.1 Å². The van der Waals surface area contributed by atoms with Gasteiger partial charge in [0.2, 0.25) is 5.95 Å². The van der Waals surface area contributed by atoms with Crippen LogP contribution in [0, 0.1) is 5.82 Å². The lowest BCUT2D eigenvalue weighted by atomic mass is 10.0. The van der Waals surface area contributed by atoms with Gasteiger partial charge in [0.05, 0.1) is 5.25 Å². The van der Waals surface area contributed by atoms with Crippen molar-refractivity contribution in [3.8, 4) is 11.1 Å². The van der Waals surface area contributed by atoms with E-state index >= 15 is 0 Å². The third-order valence-corrected chi connectivity index (χ3v) is 7.38. The van der Waals surface area contributed by atoms with E-state index in [1.54, 1.807) is 12.4 Å². The number of hydrogen-bond acceptors (Lipinski definition) is 7. The molecule has 2 aliphatic rings. The van der Waals surface area contributed by atoms with E-state index in [0.29, 0.717) is 31.9 Å². The summed E-state index contributed by atoms with van der Waals surface area (Å²) in [6.07, 6.45) is 5.92. The first-order valence-electron chi connectivity index (χ1n) is 9.93. The minimum atomic E-state index is -3.01. The molecule has 3 heterocycles. The van der Waals surface area contributed by atoms with Crippen LogP contribution in [-0.4, -0.2) is 69.2 Å². The number of piperazine rings is 1. The summed E-state index contributed by atoms with van der Waals surface area (Å²) in [5.74, 6) is 0.298. The SMILES string of the molecule is CS(=O)(=O)C1CCN(c2ncc(-c3cc(F)ccc3N3CCNCC3)cn2)CC1. The molecule has 2 aromatic rings. The number of nitrogens with zero attached hydrogens (tertiary/aromatic N) is 4. The van der Waals surface area contributed by atoms with Gasteiger partial charge in [0.25, 0.3) is 0 Å². The van der Waals surface area contributed by atoms with Gasteiger partial charge in [0.1, 0.15) is 15.7 Å². The van der Waals surface area contributed by atoms with Crippen molar-refractivity contribution in [3.63, 3.8) is 0 Å². The van der Waals surface area contributed by atoms with Crippen LogP contribution in [0.2, 0.25) is 0 Å². The van der Waals surface area contributed by atoms with Gasteiger partial charge >= 0.3 is 0 Å². The average molecular weight is 420 g/mol. The number of nitrogens with one attached hydrogen (secondary N) is 1. The van der Waals surface area contributed by atoms with Crippen LogP contribution in [0.1, 0.15) is 12.8 Å². The average Bonchev–Trinajstić information content (AvgIpc) is 2.74. The summed E-state index contributed by atoms with van der Waals surface area (Å²) in [4.78, 5) is 13.2. The molecule has 2 saturated heterocycles. The molecule has 0 saturated carbocycles. The van der Waals surface area contributed by atoms with E-state index in [4.69, 9.17) is 0 Å². The van der Waals surface area contributed by atoms with Crippen molar-refractivity contribution in [2.45, 2.75) is 18.1 Å². The second-order valence-corrected chi connectivity index (χ2v) is 10.0. The molecule has 0 amide bonds. The number of hydrogen-bond donors (Lipinski definition) is 1. The fraction of sp³-hybridized carbons (Fsp3) is 0.500. The molecule has 1 N–H and O–H groups in total. The Morgan fingerprint density at radius 2 is 1.69 bits per heavy atom. The largest absolute Gasteiger partial charge is 0.368 e. The second-order valence-electron chi connectivity index (χ2n) is 7.69. The molecular formula is C20H26FN5O2S. The van der Waals surface area contributed by atoms with E-state index in [1.165, 1.54) is 18.4 Å². The van der Waals surface area contributed by atoms with E-state index in [0.717, 1.165) is 43.0 Å². The number of sulfone groups is 1. The summed E-state index contributed by atoms with van der Waals surface area (Å²) in [6, 6.07) is 4.84. The Kier molecular flexibility index (Phi) is 5.69. The zero-order chi connectivity index (χ0) is 20.4. The zero-order valence-corrected chi connectivity index (χ0v) is 17.3. The molecule has 0 spiro atoms. The van der Waals surface area contributed by atoms with Gasteiger partial charge in [-0.15, -0.1) is 0 Å². The first-order valence-corrected chi connectivity index (χ1v) is 11.9. The minimum absolute atomic E-state index is 0.285. The van der Waals surface area contributed by atoms with Gasteiger partial charge in [-0.1, -0.05) is 0 Å². The second kappa shape index (κ2) is 8.23. The molecule has 1 aromatic heterocycles. The molecule has 2 aliphatic heterocycles. The number of rotatable bonds is 4. The Morgan fingerprint density at radius 3 is 2.31 bits per heavy atom. The lowest BCUT2D eigenvalue weighted by molar-refractivity contribution is 0.530. The summed E-state index contributed by atoms with van der Waals surface area (Å²) in [6.45, 7) is 4.76. The third-order valence-electron chi connectivity index (χ3n) is 5.70. The van der Waals surface area contributed by atoms with E-state index < -0.39 is 9.84 Å². The zero-order valence-electron chi connectivity index (χ0n) is 16.5. The van der Waals surface area contributed by atoms with Crippen molar-refractivity contribution < 1.29 is 12.8 Å². The summed E-state index contributed by atoms with van der Waals surface area (Å²) < 4.78 is 37.4. The van der Waals surface area contributed by atoms with Crippen LogP contribution in [0.4, 0.5) is 16.0 Å². The van der Waals surface area contributed by atoms with Crippen LogP contribution in [-0.2, 0) is 9.84 Å². The Balaban J connectivity index is 1.53. The molecule has 0 radical (unpaired) electrons. The number of aromatic nitrogens is 2. The van der Waals surface area contributed by atoms with E-state index in [9.17, 15) is 12.8 Å². The van der Waals surface area contributed by atoms with Crippen LogP contribution in [0.3, 0.4) is 0 Å². The van der Waals surface area contributed by atoms with Gasteiger partial charge in [0.15, 0.2) is 0 Å². The summed E-state index contributed by atoms with van der Waals surface area (Å²) in [5.41, 5.74) is 2.54. The van der Waals surface area contributed by atoms with Crippen LogP contribution >= 0.6 is 0 Å². The lowest BCUT2D eigenvalue weighted by Crippen LogP contribution is -2.43. The number of piperidine rings is 1. The van der Waals surface area contributed by atoms with Crippen molar-refractivity contribution in [2.24, 2.45) is 0 Å². The summed E-state index contributed by atoms with van der Waals surface area (Å²) >= 11 is 0. The maximum atomic E-state index is 14.0. The monoisotopic (exact) mass is 419 g/mol. The van der Waals surface area contributed by atoms with Crippen molar-refractivity contribution in [1.82, 2.24) is 15.3 Å². The fourth-order valence-electron chi connectivity index (χ4n) is 4.03. The summed E-state index contributed by atoms with van der Waals surface area (Å²) in [5, 5.41) is 3.04. The Bertz CT molecular complexity index is 953. The lowest BCUT2D eigenvalue weighted by Gasteiger charge is -2.32. The molecule has 0 unspecified atom stereocenters. The maximum Gasteiger partial charge on any atom is 0.225 e. The topological polar surface area (TPSA) is 78.4 Å². The van der Waals surface area contributed by atoms with Crippen molar-refractivity contribution in [1.29, 1.82) is 0 Å². The predicted molar refractivity (Wildman–Crippen MR) is 113 cm³/mol. The standard InChI is InChI=1S/C20H26FN5O2S/c1-29(27,28)17-4-8-26(9-5-17)20-23-13-15(14-24-20)18-12-16(21)2-3-19(18)25-10-6-22-7-11-25/h2-3,12-14,17,22H,4-11H2,1H3. The summed E-state index contributed by atoms with van der Waals surface area (Å²) in [7, 11) is -3.01. The van der Waals surface area contributed by atoms with Gasteiger partial charge in [-0.05, 0) is 31.0 Å². The van der Waals surface area contributed by atoms with Crippen LogP contribution in [0.25, 0.3) is 11.1 Å². The van der Waals surface area contributed by atoms with Crippen LogP contribution in [0.15, 0.2) is 30.6 Å². The number of benzene rings is 1. The third kappa shape index (κ3) is 4.51. The molecular weight excluding hydrogens is 393 g/mol. The molecule has 0 atom stereocenters. The molecule has 156 valence electrons. The van der Waals surface area contributed by atoms with Gasteiger partial charge < -0.3 is 15.1 Å². The van der Waals surface area contributed by atoms with Gasteiger partial charge in [-0.2, -0.15) is 0 Å². The fourth-order valence-corrected chi connectivity index (χ4v) is 5.10. The van der Waals surface area contributed by atoms with Crippen molar-refractivity contribution in [3.05, 3.63) is 36.4 Å². The van der Waals surface area contributed by atoms with Crippen LogP contribution in [0.5, 0.6) is 0 Å². The van der Waals surface area contributed by atoms with E-state index in [1.807, 2.05) is 11.0 Å². The van der Waals surface area contributed by atoms with Gasteiger partial charge in [-0.3, -0.25) is 0 Å². The Morgan fingerprint density at radius 1 is 1.03 bits per heavy atom. The van der Waals surface area contributed by atoms with E-state index in [-0.39, 0.29) is 11.1 Å². The van der Waals surface area contributed by atoms with E-state index in [2.05, 4.69) is 20.2 Å². The molecule has 0 bridgehead atoms. The number of halogens is 1. The quantitative estimate of drug-likeness (QED) is 0.808. The molecule has 4 rings (SSSR count). The normalized spacial score (nSPS) is 18.8. The molecule has 1 aromatic carbocycles. The minimum Gasteiger partial charge on any atom is -0.368 e. The smallest absolute Gasteiger partial charge is 0.225 e. The maximum absolute atomic E-state index is 14.0. The predicted octanol–water partition coefficient (Wildman–Crippen LogP) is 1.71. The Hall–Kier alpha value is -2.26. The first-order chi connectivity index (χ1) is 13.9. The first kappa shape index (κ1) is 20.0. The molecule has 29 heavy (non-hydrogen) atoms. The molecule has 0 aliphatic carbocycles. The molecule has 9 heteroatoms. The molecule has 2 fully saturated rings. The highest BCUT2D eigenvalue weighted by molar-refractivity contribution is 7.91. The van der Waals surface area contributed by atoms with Gasteiger partial charge in [-0.25, -0.2) is 22.8 Å². The number of anilines is 2. The highest BCUT2D eigenvalue weighted by Crippen LogP contribution is 2.32. The van der Waals surface area contributed by atoms with Crippen molar-refractivity contribution in [2.75, 3.05) is 55.3 Å². The molecule has 7 nitrogen and oxygen atoms in total. The Labute approximate surface area is 170 Å².